The number of hydrogen-bond donors (Lipinski definition) is 0. The molecule has 20 heavy (non-hydrogen) atoms. The number of methoxy groups -OCH3 is 1. The average Bonchev–Trinajstić information content (AvgIpc) is 2.94. The molecule has 0 amide bonds. The Hall–Kier alpha value is -0.960. The van der Waals surface area contributed by atoms with Gasteiger partial charge in [0, 0.05) is 32.1 Å². The van der Waals surface area contributed by atoms with Crippen molar-refractivity contribution in [1.29, 1.82) is 0 Å². The van der Waals surface area contributed by atoms with Crippen LogP contribution in [0.15, 0.2) is 17.5 Å². The fraction of sp³-hybridized carbons (Fsp3) is 0.583. The van der Waals surface area contributed by atoms with Gasteiger partial charge in [0.15, 0.2) is 0 Å². The molecular formula is C12H20N2O4S2. The summed E-state index contributed by atoms with van der Waals surface area (Å²) in [7, 11) is 0.747. The second-order valence-electron chi connectivity index (χ2n) is 4.31. The maximum atomic E-state index is 12.2. The summed E-state index contributed by atoms with van der Waals surface area (Å²) in [6.45, 7) is 0.518. The summed E-state index contributed by atoms with van der Waals surface area (Å²) in [6, 6.07) is 3.92. The fourth-order valence-electron chi connectivity index (χ4n) is 1.54. The Balaban J connectivity index is 2.50. The molecule has 114 valence electrons. The summed E-state index contributed by atoms with van der Waals surface area (Å²) >= 11 is 1.60. The first kappa shape index (κ1) is 17.1. The second kappa shape index (κ2) is 7.72. The van der Waals surface area contributed by atoms with Crippen LogP contribution in [0.25, 0.3) is 0 Å². The van der Waals surface area contributed by atoms with Gasteiger partial charge in [0.05, 0.1) is 13.5 Å². The third-order valence-electron chi connectivity index (χ3n) is 2.90. The van der Waals surface area contributed by atoms with Crippen LogP contribution in [0.1, 0.15) is 11.3 Å². The van der Waals surface area contributed by atoms with Crippen LogP contribution in [0, 0.1) is 0 Å². The number of ether oxygens (including phenoxy) is 1. The van der Waals surface area contributed by atoms with Crippen LogP contribution in [0.5, 0.6) is 0 Å². The Morgan fingerprint density at radius 1 is 1.30 bits per heavy atom. The Morgan fingerprint density at radius 2 is 1.95 bits per heavy atom. The van der Waals surface area contributed by atoms with E-state index in [2.05, 4.69) is 4.74 Å². The van der Waals surface area contributed by atoms with Gasteiger partial charge in [-0.15, -0.1) is 11.3 Å². The van der Waals surface area contributed by atoms with Gasteiger partial charge >= 0.3 is 5.97 Å². The lowest BCUT2D eigenvalue weighted by Gasteiger charge is -2.23. The van der Waals surface area contributed by atoms with E-state index in [9.17, 15) is 13.2 Å². The van der Waals surface area contributed by atoms with Crippen LogP contribution >= 0.6 is 11.3 Å². The first-order valence-electron chi connectivity index (χ1n) is 6.14. The molecule has 0 fully saturated rings. The Bertz CT molecular complexity index is 514. The topological polar surface area (TPSA) is 66.9 Å². The maximum absolute atomic E-state index is 12.2. The van der Waals surface area contributed by atoms with Gasteiger partial charge in [-0.05, 0) is 17.9 Å². The lowest BCUT2D eigenvalue weighted by atomic mass is 10.3. The average molecular weight is 320 g/mol. The zero-order valence-electron chi connectivity index (χ0n) is 11.9. The summed E-state index contributed by atoms with van der Waals surface area (Å²) in [4.78, 5) is 12.2. The third kappa shape index (κ3) is 4.86. The Labute approximate surface area is 124 Å². The van der Waals surface area contributed by atoms with Crippen LogP contribution in [0.4, 0.5) is 0 Å². The first-order valence-corrected chi connectivity index (χ1v) is 8.42. The predicted octanol–water partition coefficient (Wildman–Crippen LogP) is 0.962. The number of likely N-dealkylation sites (N-methyl/N-ethyl adjacent to an activating group) is 1. The third-order valence-corrected chi connectivity index (χ3v) is 5.78. The molecule has 0 unspecified atom stereocenters. The van der Waals surface area contributed by atoms with Gasteiger partial charge in [-0.3, -0.25) is 4.79 Å². The van der Waals surface area contributed by atoms with E-state index < -0.39 is 16.2 Å². The zero-order valence-corrected chi connectivity index (χ0v) is 13.5. The molecule has 6 nitrogen and oxygen atoms in total. The normalized spacial score (nSPS) is 12.1. The highest BCUT2D eigenvalue weighted by molar-refractivity contribution is 7.86. The molecule has 0 aliphatic rings. The van der Waals surface area contributed by atoms with Gasteiger partial charge in [0.1, 0.15) is 0 Å². The van der Waals surface area contributed by atoms with Crippen LogP contribution in [-0.2, 0) is 26.2 Å². The molecule has 0 aliphatic heterocycles. The van der Waals surface area contributed by atoms with E-state index in [1.807, 2.05) is 17.5 Å². The number of hydrogen-bond acceptors (Lipinski definition) is 5. The number of esters is 1. The highest BCUT2D eigenvalue weighted by Crippen LogP contribution is 2.11. The van der Waals surface area contributed by atoms with Crippen LogP contribution < -0.4 is 0 Å². The maximum Gasteiger partial charge on any atom is 0.306 e. The molecule has 0 atom stereocenters. The molecule has 8 heteroatoms. The van der Waals surface area contributed by atoms with E-state index in [0.29, 0.717) is 13.0 Å². The van der Waals surface area contributed by atoms with Gasteiger partial charge in [-0.1, -0.05) is 6.07 Å². The summed E-state index contributed by atoms with van der Waals surface area (Å²) in [5, 5.41) is 1.96. The van der Waals surface area contributed by atoms with E-state index in [4.69, 9.17) is 0 Å². The van der Waals surface area contributed by atoms with Gasteiger partial charge in [0.2, 0.25) is 0 Å². The highest BCUT2D eigenvalue weighted by atomic mass is 32.2. The van der Waals surface area contributed by atoms with E-state index in [1.54, 1.807) is 11.3 Å². The quantitative estimate of drug-likeness (QED) is 0.669. The number of carbonyl (C=O) groups excluding carboxylic acids is 1. The molecule has 0 saturated carbocycles. The molecule has 0 bridgehead atoms. The fourth-order valence-corrected chi connectivity index (χ4v) is 3.36. The molecule has 1 aromatic rings. The molecule has 0 saturated heterocycles. The number of rotatable bonds is 8. The summed E-state index contributed by atoms with van der Waals surface area (Å²) in [5.74, 6) is -0.423. The van der Waals surface area contributed by atoms with Crippen molar-refractivity contribution in [1.82, 2.24) is 8.61 Å². The highest BCUT2D eigenvalue weighted by Gasteiger charge is 2.23. The number of thiophene rings is 1. The molecule has 1 heterocycles. The first-order chi connectivity index (χ1) is 9.37. The predicted molar refractivity (Wildman–Crippen MR) is 78.8 cm³/mol. The zero-order chi connectivity index (χ0) is 15.2. The van der Waals surface area contributed by atoms with Gasteiger partial charge < -0.3 is 4.74 Å². The molecule has 0 aromatic carbocycles. The largest absolute Gasteiger partial charge is 0.469 e. The van der Waals surface area contributed by atoms with Crippen molar-refractivity contribution in [2.24, 2.45) is 0 Å². The minimum absolute atomic E-state index is 0.0466. The lowest BCUT2D eigenvalue weighted by Crippen LogP contribution is -2.41. The van der Waals surface area contributed by atoms with Crippen LogP contribution in [0.2, 0.25) is 0 Å². The second-order valence-corrected chi connectivity index (χ2v) is 7.48. The van der Waals surface area contributed by atoms with Crippen molar-refractivity contribution in [3.05, 3.63) is 22.4 Å². The number of carbonyl (C=O) groups is 1. The van der Waals surface area contributed by atoms with Crippen molar-refractivity contribution in [3.63, 3.8) is 0 Å². The molecule has 0 radical (unpaired) electrons. The molecule has 0 N–H and O–H groups in total. The molecule has 0 spiro atoms. The molecule has 1 rings (SSSR count). The number of nitrogens with zero attached hydrogens (tertiary/aromatic N) is 2. The summed E-state index contributed by atoms with van der Waals surface area (Å²) < 4.78 is 31.3. The van der Waals surface area contributed by atoms with Crippen molar-refractivity contribution < 1.29 is 17.9 Å². The van der Waals surface area contributed by atoms with Crippen molar-refractivity contribution >= 4 is 27.5 Å². The summed E-state index contributed by atoms with van der Waals surface area (Å²) in [5.41, 5.74) is 0. The lowest BCUT2D eigenvalue weighted by molar-refractivity contribution is -0.140. The van der Waals surface area contributed by atoms with E-state index in [0.717, 1.165) is 4.88 Å². The van der Waals surface area contributed by atoms with Gasteiger partial charge in [-0.2, -0.15) is 17.0 Å². The molecular weight excluding hydrogens is 300 g/mol. The van der Waals surface area contributed by atoms with Crippen LogP contribution in [0.3, 0.4) is 0 Å². The summed E-state index contributed by atoms with van der Waals surface area (Å²) in [6.07, 6.45) is 0.725. The SMILES string of the molecule is COC(=O)CCN(C)S(=O)(=O)N(C)CCc1cccs1. The van der Waals surface area contributed by atoms with Crippen molar-refractivity contribution in [2.75, 3.05) is 34.3 Å². The molecule has 0 aliphatic carbocycles. The van der Waals surface area contributed by atoms with Crippen molar-refractivity contribution in [2.45, 2.75) is 12.8 Å². The van der Waals surface area contributed by atoms with E-state index >= 15 is 0 Å². The van der Waals surface area contributed by atoms with Gasteiger partial charge in [0.25, 0.3) is 10.2 Å². The minimum atomic E-state index is -3.53. The van der Waals surface area contributed by atoms with E-state index in [-0.39, 0.29) is 13.0 Å². The van der Waals surface area contributed by atoms with Crippen molar-refractivity contribution in [3.8, 4) is 0 Å². The standard InChI is InChI=1S/C12H20N2O4S2/c1-13(8-6-11-5-4-10-19-11)20(16,17)14(2)9-7-12(15)18-3/h4-5,10H,6-9H2,1-3H3. The van der Waals surface area contributed by atoms with E-state index in [1.165, 1.54) is 29.8 Å². The Kier molecular flexibility index (Phi) is 6.60. The monoisotopic (exact) mass is 320 g/mol. The smallest absolute Gasteiger partial charge is 0.306 e. The van der Waals surface area contributed by atoms with Gasteiger partial charge in [-0.25, -0.2) is 0 Å². The molecule has 1 aromatic heterocycles. The van der Waals surface area contributed by atoms with Crippen LogP contribution in [-0.4, -0.2) is 57.3 Å². The Morgan fingerprint density at radius 3 is 2.50 bits per heavy atom. The minimum Gasteiger partial charge on any atom is -0.469 e.